The molecule has 1 saturated heterocycles. The number of anilines is 1. The highest BCUT2D eigenvalue weighted by atomic mass is 32.2. The van der Waals surface area contributed by atoms with E-state index in [1.165, 1.54) is 0 Å². The number of benzene rings is 4. The lowest BCUT2D eigenvalue weighted by molar-refractivity contribution is -0.127. The van der Waals surface area contributed by atoms with E-state index in [9.17, 15) is 14.4 Å². The van der Waals surface area contributed by atoms with Crippen LogP contribution in [0.4, 0.5) is 10.5 Å². The number of carbonyl (C=O) groups is 3. The fraction of sp³-hybridized carbons (Fsp3) is 0.100. The van der Waals surface area contributed by atoms with Gasteiger partial charge in [-0.15, -0.1) is 0 Å². The number of carbonyl (C=O) groups excluding carboxylic acids is 3. The molecule has 0 radical (unpaired) electrons. The van der Waals surface area contributed by atoms with Gasteiger partial charge in [-0.2, -0.15) is 0 Å². The number of amides is 3. The van der Waals surface area contributed by atoms with Crippen molar-refractivity contribution in [1.82, 2.24) is 4.90 Å². The van der Waals surface area contributed by atoms with Gasteiger partial charge in [0.15, 0.2) is 0 Å². The molecule has 0 spiro atoms. The number of ether oxygens (including phenoxy) is 2. The second kappa shape index (κ2) is 11.7. The van der Waals surface area contributed by atoms with E-state index in [-0.39, 0.29) is 11.4 Å². The van der Waals surface area contributed by atoms with Crippen molar-refractivity contribution in [2.24, 2.45) is 0 Å². The summed E-state index contributed by atoms with van der Waals surface area (Å²) in [6.45, 7) is 0.366. The van der Waals surface area contributed by atoms with Gasteiger partial charge in [0.05, 0.1) is 4.91 Å². The molecule has 1 aliphatic heterocycles. The Bertz CT molecular complexity index is 1510. The summed E-state index contributed by atoms with van der Waals surface area (Å²) in [6.07, 6.45) is 1.63. The second-order valence-electron chi connectivity index (χ2n) is 8.43. The van der Waals surface area contributed by atoms with E-state index in [2.05, 4.69) is 5.32 Å². The first-order valence-corrected chi connectivity index (χ1v) is 12.8. The van der Waals surface area contributed by atoms with Crippen LogP contribution in [0.2, 0.25) is 0 Å². The molecule has 0 unspecified atom stereocenters. The van der Waals surface area contributed by atoms with Crippen LogP contribution in [0.5, 0.6) is 11.5 Å². The topological polar surface area (TPSA) is 84.9 Å². The van der Waals surface area contributed by atoms with E-state index in [0.29, 0.717) is 30.2 Å². The summed E-state index contributed by atoms with van der Waals surface area (Å²) in [5, 5.41) is 4.19. The Morgan fingerprint density at radius 3 is 2.34 bits per heavy atom. The highest BCUT2D eigenvalue weighted by molar-refractivity contribution is 8.18. The summed E-state index contributed by atoms with van der Waals surface area (Å²) in [5.74, 6) is 0.434. The van der Waals surface area contributed by atoms with Crippen LogP contribution >= 0.6 is 11.8 Å². The van der Waals surface area contributed by atoms with E-state index in [4.69, 9.17) is 9.47 Å². The number of imide groups is 1. The van der Waals surface area contributed by atoms with Crippen molar-refractivity contribution in [1.29, 1.82) is 0 Å². The average Bonchev–Trinajstić information content (AvgIpc) is 3.19. The van der Waals surface area contributed by atoms with Gasteiger partial charge < -0.3 is 14.8 Å². The van der Waals surface area contributed by atoms with E-state index in [1.807, 2.05) is 78.9 Å². The Kier molecular flexibility index (Phi) is 7.70. The van der Waals surface area contributed by atoms with Crippen molar-refractivity contribution in [2.75, 3.05) is 25.1 Å². The van der Waals surface area contributed by atoms with Crippen LogP contribution in [0.15, 0.2) is 102 Å². The van der Waals surface area contributed by atoms with Gasteiger partial charge in [0.2, 0.25) is 5.91 Å². The van der Waals surface area contributed by atoms with Crippen molar-refractivity contribution < 1.29 is 23.9 Å². The Hall–Kier alpha value is -4.56. The predicted molar refractivity (Wildman–Crippen MR) is 149 cm³/mol. The van der Waals surface area contributed by atoms with Crippen LogP contribution in [0.1, 0.15) is 5.56 Å². The highest BCUT2D eigenvalue weighted by Crippen LogP contribution is 2.33. The molecular weight excluding hydrogens is 500 g/mol. The van der Waals surface area contributed by atoms with Crippen LogP contribution in [0.3, 0.4) is 0 Å². The van der Waals surface area contributed by atoms with E-state index in [0.717, 1.165) is 33.2 Å². The molecule has 1 fully saturated rings. The first-order chi connectivity index (χ1) is 18.6. The molecule has 0 aromatic heterocycles. The zero-order valence-electron chi connectivity index (χ0n) is 20.3. The van der Waals surface area contributed by atoms with Crippen molar-refractivity contribution in [3.8, 4) is 11.5 Å². The molecule has 1 aliphatic rings. The van der Waals surface area contributed by atoms with Gasteiger partial charge in [-0.25, -0.2) is 0 Å². The smallest absolute Gasteiger partial charge is 0.294 e. The van der Waals surface area contributed by atoms with Gasteiger partial charge in [-0.05, 0) is 59.1 Å². The SMILES string of the molecule is O=C(CN1C(=O)S/C(=C/c2cccc(OCCOc3ccccc3)c2)C1=O)Nc1cccc2ccccc12. The first-order valence-electron chi connectivity index (χ1n) is 12.0. The van der Waals surface area contributed by atoms with Crippen molar-refractivity contribution in [3.05, 3.63) is 108 Å². The van der Waals surface area contributed by atoms with Crippen molar-refractivity contribution >= 4 is 51.4 Å². The van der Waals surface area contributed by atoms with E-state index >= 15 is 0 Å². The van der Waals surface area contributed by atoms with Crippen LogP contribution in [0.25, 0.3) is 16.8 Å². The highest BCUT2D eigenvalue weighted by Gasteiger charge is 2.36. The lowest BCUT2D eigenvalue weighted by Gasteiger charge is -2.13. The number of fused-ring (bicyclic) bond motifs is 1. The molecule has 0 bridgehead atoms. The maximum atomic E-state index is 12.9. The van der Waals surface area contributed by atoms with Gasteiger partial charge >= 0.3 is 0 Å². The molecule has 190 valence electrons. The van der Waals surface area contributed by atoms with Gasteiger partial charge in [0.25, 0.3) is 11.1 Å². The molecule has 1 heterocycles. The molecule has 0 aliphatic carbocycles. The summed E-state index contributed by atoms with van der Waals surface area (Å²) in [4.78, 5) is 39.4. The maximum absolute atomic E-state index is 12.9. The lowest BCUT2D eigenvalue weighted by Crippen LogP contribution is -2.36. The summed E-state index contributed by atoms with van der Waals surface area (Å²) in [5.41, 5.74) is 1.33. The number of rotatable bonds is 9. The van der Waals surface area contributed by atoms with Crippen LogP contribution in [-0.2, 0) is 9.59 Å². The van der Waals surface area contributed by atoms with Gasteiger partial charge in [-0.3, -0.25) is 19.3 Å². The summed E-state index contributed by atoms with van der Waals surface area (Å²) < 4.78 is 11.4. The zero-order chi connectivity index (χ0) is 26.3. The first kappa shape index (κ1) is 25.1. The number of nitrogens with one attached hydrogen (secondary N) is 1. The van der Waals surface area contributed by atoms with Gasteiger partial charge in [-0.1, -0.05) is 66.7 Å². The average molecular weight is 525 g/mol. The number of hydrogen-bond acceptors (Lipinski definition) is 6. The molecule has 4 aromatic carbocycles. The Morgan fingerprint density at radius 2 is 1.50 bits per heavy atom. The fourth-order valence-corrected chi connectivity index (χ4v) is 4.82. The molecule has 7 nitrogen and oxygen atoms in total. The quantitative estimate of drug-likeness (QED) is 0.214. The number of hydrogen-bond donors (Lipinski definition) is 1. The third-order valence-corrected chi connectivity index (χ3v) is 6.67. The molecule has 5 rings (SSSR count). The molecule has 4 aromatic rings. The number of thioether (sulfide) groups is 1. The molecular formula is C30H24N2O5S. The molecule has 38 heavy (non-hydrogen) atoms. The minimum absolute atomic E-state index is 0.248. The molecule has 1 N–H and O–H groups in total. The summed E-state index contributed by atoms with van der Waals surface area (Å²) >= 11 is 0.810. The fourth-order valence-electron chi connectivity index (χ4n) is 3.99. The summed E-state index contributed by atoms with van der Waals surface area (Å²) in [7, 11) is 0. The van der Waals surface area contributed by atoms with E-state index in [1.54, 1.807) is 24.3 Å². The van der Waals surface area contributed by atoms with Crippen molar-refractivity contribution in [3.63, 3.8) is 0 Å². The largest absolute Gasteiger partial charge is 0.490 e. The third kappa shape index (κ3) is 6.04. The van der Waals surface area contributed by atoms with Crippen LogP contribution in [-0.4, -0.2) is 41.7 Å². The Labute approximate surface area is 224 Å². The van der Waals surface area contributed by atoms with Crippen molar-refractivity contribution in [2.45, 2.75) is 0 Å². The Morgan fingerprint density at radius 1 is 0.816 bits per heavy atom. The van der Waals surface area contributed by atoms with Gasteiger partial charge in [0.1, 0.15) is 31.3 Å². The second-order valence-corrected chi connectivity index (χ2v) is 9.42. The molecule has 3 amide bonds. The molecule has 8 heteroatoms. The van der Waals surface area contributed by atoms with Gasteiger partial charge in [0, 0.05) is 11.1 Å². The monoisotopic (exact) mass is 524 g/mol. The maximum Gasteiger partial charge on any atom is 0.294 e. The molecule has 0 atom stereocenters. The molecule has 0 saturated carbocycles. The minimum atomic E-state index is -0.504. The minimum Gasteiger partial charge on any atom is -0.490 e. The standard InChI is InChI=1S/C30H24N2O5S/c33-28(31-26-15-7-10-22-9-4-5-14-25(22)26)20-32-29(34)27(38-30(32)35)19-21-8-6-13-24(18-21)37-17-16-36-23-11-2-1-3-12-23/h1-15,18-19H,16-17,20H2,(H,31,33)/b27-19+. The van der Waals surface area contributed by atoms with E-state index < -0.39 is 17.1 Å². The number of para-hydroxylation sites is 1. The predicted octanol–water partition coefficient (Wildman–Crippen LogP) is 5.97. The summed E-state index contributed by atoms with van der Waals surface area (Å²) in [6, 6.07) is 29.9. The van der Waals surface area contributed by atoms with Crippen LogP contribution < -0.4 is 14.8 Å². The lowest BCUT2D eigenvalue weighted by atomic mass is 10.1. The third-order valence-electron chi connectivity index (χ3n) is 5.76. The number of nitrogens with zero attached hydrogens (tertiary/aromatic N) is 1. The van der Waals surface area contributed by atoms with Crippen LogP contribution in [0, 0.1) is 0 Å². The normalized spacial score (nSPS) is 14.2. The zero-order valence-corrected chi connectivity index (χ0v) is 21.1. The Balaban J connectivity index is 1.19.